The largest absolute Gasteiger partial charge is 0.464 e. The first-order valence-corrected chi connectivity index (χ1v) is 12.4. The highest BCUT2D eigenvalue weighted by Crippen LogP contribution is 2.27. The molecule has 0 radical (unpaired) electrons. The zero-order chi connectivity index (χ0) is 28.2. The highest BCUT2D eigenvalue weighted by Gasteiger charge is 2.54. The van der Waals surface area contributed by atoms with Crippen molar-refractivity contribution < 1.29 is 38.2 Å². The summed E-state index contributed by atoms with van der Waals surface area (Å²) in [5.41, 5.74) is -2.08. The Bertz CT molecular complexity index is 921. The van der Waals surface area contributed by atoms with Crippen LogP contribution in [0.3, 0.4) is 0 Å². The van der Waals surface area contributed by atoms with Crippen molar-refractivity contribution in [2.45, 2.75) is 79.0 Å². The summed E-state index contributed by atoms with van der Waals surface area (Å²) >= 11 is 0. The van der Waals surface area contributed by atoms with E-state index in [-0.39, 0.29) is 32.7 Å². The van der Waals surface area contributed by atoms with Gasteiger partial charge < -0.3 is 24.4 Å². The summed E-state index contributed by atoms with van der Waals surface area (Å²) in [6.07, 6.45) is -0.989. The second-order valence-electron chi connectivity index (χ2n) is 9.75. The van der Waals surface area contributed by atoms with Crippen LogP contribution < -0.4 is 5.32 Å². The van der Waals surface area contributed by atoms with Crippen molar-refractivity contribution in [1.29, 1.82) is 0 Å². The molecule has 0 saturated carbocycles. The van der Waals surface area contributed by atoms with Gasteiger partial charge in [-0.2, -0.15) is 0 Å². The zero-order valence-electron chi connectivity index (χ0n) is 22.9. The zero-order valence-corrected chi connectivity index (χ0v) is 22.9. The number of hydrogen-bond acceptors (Lipinski definition) is 8. The first-order chi connectivity index (χ1) is 17.3. The topological polar surface area (TPSA) is 128 Å². The fraction of sp³-hybridized carbons (Fsp3) is 0.593. The van der Waals surface area contributed by atoms with Crippen LogP contribution in [0.4, 0.5) is 4.79 Å². The minimum absolute atomic E-state index is 0.0483. The van der Waals surface area contributed by atoms with Gasteiger partial charge in [0, 0.05) is 19.0 Å². The lowest BCUT2D eigenvalue weighted by Gasteiger charge is -2.36. The number of nitrogens with one attached hydrogen (secondary N) is 1. The lowest BCUT2D eigenvalue weighted by molar-refractivity contribution is -0.172. The highest BCUT2D eigenvalue weighted by atomic mass is 16.6. The van der Waals surface area contributed by atoms with Crippen LogP contribution in [0.1, 0.15) is 66.9 Å². The molecule has 0 aliphatic rings. The summed E-state index contributed by atoms with van der Waals surface area (Å²) in [7, 11) is 0. The Kier molecular flexibility index (Phi) is 12.3. The van der Waals surface area contributed by atoms with E-state index in [1.807, 2.05) is 30.3 Å². The second kappa shape index (κ2) is 14.3. The number of ether oxygens (including phenoxy) is 3. The normalized spacial score (nSPS) is 12.2. The van der Waals surface area contributed by atoms with Gasteiger partial charge in [0.1, 0.15) is 11.4 Å². The second-order valence-corrected chi connectivity index (χ2v) is 9.75. The third kappa shape index (κ3) is 9.86. The van der Waals surface area contributed by atoms with Gasteiger partial charge in [0.05, 0.1) is 19.6 Å². The predicted octanol–water partition coefficient (Wildman–Crippen LogP) is 3.41. The predicted molar refractivity (Wildman–Crippen MR) is 136 cm³/mol. The maximum atomic E-state index is 13.2. The quantitative estimate of drug-likeness (QED) is 0.238. The smallest absolute Gasteiger partial charge is 0.410 e. The fourth-order valence-electron chi connectivity index (χ4n) is 3.62. The van der Waals surface area contributed by atoms with E-state index in [1.54, 1.807) is 41.5 Å². The van der Waals surface area contributed by atoms with E-state index < -0.39 is 53.2 Å². The summed E-state index contributed by atoms with van der Waals surface area (Å²) in [4.78, 5) is 65.0. The molecule has 1 aromatic carbocycles. The summed E-state index contributed by atoms with van der Waals surface area (Å²) in [5, 5.41) is 2.43. The molecule has 0 saturated heterocycles. The lowest BCUT2D eigenvalue weighted by Crippen LogP contribution is -2.65. The van der Waals surface area contributed by atoms with Gasteiger partial charge in [-0.15, -0.1) is 0 Å². The SMILES string of the molecule is CCOC(=O)C(NC(=O)CC(C)=O)(C(=O)OCC)[C@@H](C)CCN(Cc1ccccc1)C(=O)OC(C)(C)C. The van der Waals surface area contributed by atoms with Crippen LogP contribution in [0.5, 0.6) is 0 Å². The minimum Gasteiger partial charge on any atom is -0.464 e. The maximum Gasteiger partial charge on any atom is 0.410 e. The Morgan fingerprint density at radius 2 is 1.49 bits per heavy atom. The Morgan fingerprint density at radius 1 is 0.946 bits per heavy atom. The van der Waals surface area contributed by atoms with Crippen LogP contribution in [0.25, 0.3) is 0 Å². The van der Waals surface area contributed by atoms with E-state index in [0.717, 1.165) is 5.56 Å². The van der Waals surface area contributed by atoms with Gasteiger partial charge >= 0.3 is 18.0 Å². The van der Waals surface area contributed by atoms with Crippen molar-refractivity contribution in [3.05, 3.63) is 35.9 Å². The third-order valence-electron chi connectivity index (χ3n) is 5.38. The van der Waals surface area contributed by atoms with E-state index in [0.29, 0.717) is 0 Å². The minimum atomic E-state index is -2.20. The fourth-order valence-corrected chi connectivity index (χ4v) is 3.62. The molecule has 0 fully saturated rings. The molecule has 0 aliphatic carbocycles. The number of rotatable bonds is 13. The number of nitrogens with zero attached hydrogens (tertiary/aromatic N) is 1. The number of esters is 2. The molecular weight excluding hydrogens is 480 g/mol. The van der Waals surface area contributed by atoms with Crippen LogP contribution in [0.2, 0.25) is 0 Å². The Labute approximate surface area is 219 Å². The molecule has 0 unspecified atom stereocenters. The van der Waals surface area contributed by atoms with Gasteiger partial charge in [0.2, 0.25) is 11.4 Å². The molecule has 10 nitrogen and oxygen atoms in total. The van der Waals surface area contributed by atoms with E-state index in [9.17, 15) is 24.0 Å². The molecule has 10 heteroatoms. The van der Waals surface area contributed by atoms with E-state index >= 15 is 0 Å². The highest BCUT2D eigenvalue weighted by molar-refractivity contribution is 6.10. The van der Waals surface area contributed by atoms with Gasteiger partial charge in [0.15, 0.2) is 0 Å². The van der Waals surface area contributed by atoms with Crippen molar-refractivity contribution in [1.82, 2.24) is 10.2 Å². The number of amides is 2. The van der Waals surface area contributed by atoms with Crippen molar-refractivity contribution >= 4 is 29.7 Å². The monoisotopic (exact) mass is 520 g/mol. The Hall–Kier alpha value is -3.43. The van der Waals surface area contributed by atoms with E-state index in [2.05, 4.69) is 5.32 Å². The Balaban J connectivity index is 3.35. The van der Waals surface area contributed by atoms with Crippen LogP contribution in [-0.4, -0.2) is 65.5 Å². The van der Waals surface area contributed by atoms with Crippen molar-refractivity contribution in [2.24, 2.45) is 5.92 Å². The van der Waals surface area contributed by atoms with Crippen molar-refractivity contribution in [3.63, 3.8) is 0 Å². The lowest BCUT2D eigenvalue weighted by atomic mass is 9.82. The van der Waals surface area contributed by atoms with Gasteiger partial charge in [-0.05, 0) is 53.5 Å². The first kappa shape index (κ1) is 31.6. The molecular formula is C27H40N2O8. The van der Waals surface area contributed by atoms with Gasteiger partial charge in [0.25, 0.3) is 0 Å². The molecule has 0 bridgehead atoms. The van der Waals surface area contributed by atoms with Crippen LogP contribution in [-0.2, 0) is 39.9 Å². The van der Waals surface area contributed by atoms with Gasteiger partial charge in [-0.3, -0.25) is 9.59 Å². The maximum absolute atomic E-state index is 13.2. The molecule has 0 aromatic heterocycles. The number of carbonyl (C=O) groups excluding carboxylic acids is 5. The number of Topliss-reactive ketones (excluding diaryl/α,β-unsaturated/α-hetero) is 1. The Morgan fingerprint density at radius 3 is 1.95 bits per heavy atom. The molecule has 0 heterocycles. The van der Waals surface area contributed by atoms with Crippen molar-refractivity contribution in [2.75, 3.05) is 19.8 Å². The number of hydrogen-bond donors (Lipinski definition) is 1. The van der Waals surface area contributed by atoms with E-state index in [1.165, 1.54) is 11.8 Å². The van der Waals surface area contributed by atoms with E-state index in [4.69, 9.17) is 14.2 Å². The standard InChI is InChI=1S/C27H40N2O8/c1-8-35-23(32)27(24(33)36-9-2,28-22(31)17-20(4)30)19(3)15-16-29(25(34)37-26(5,6)7)18-21-13-11-10-12-14-21/h10-14,19H,8-9,15-18H2,1-7H3,(H,28,31)/t19-/m0/s1. The van der Waals surface area contributed by atoms with Gasteiger partial charge in [-0.1, -0.05) is 37.3 Å². The molecule has 1 rings (SSSR count). The average Bonchev–Trinajstić information content (AvgIpc) is 2.79. The average molecular weight is 521 g/mol. The van der Waals surface area contributed by atoms with Crippen LogP contribution in [0.15, 0.2) is 30.3 Å². The van der Waals surface area contributed by atoms with Gasteiger partial charge in [-0.25, -0.2) is 14.4 Å². The summed E-state index contributed by atoms with van der Waals surface area (Å²) < 4.78 is 15.9. The number of carbonyl (C=O) groups is 5. The first-order valence-electron chi connectivity index (χ1n) is 12.4. The molecule has 37 heavy (non-hydrogen) atoms. The summed E-state index contributed by atoms with van der Waals surface area (Å²) in [6.45, 7) is 11.4. The third-order valence-corrected chi connectivity index (χ3v) is 5.38. The molecule has 1 aromatic rings. The summed E-state index contributed by atoms with van der Waals surface area (Å²) in [6, 6.07) is 9.29. The molecule has 0 spiro atoms. The van der Waals surface area contributed by atoms with Crippen molar-refractivity contribution in [3.8, 4) is 0 Å². The molecule has 0 aliphatic heterocycles. The number of benzene rings is 1. The summed E-state index contributed by atoms with van der Waals surface area (Å²) in [5.74, 6) is -4.11. The molecule has 206 valence electrons. The molecule has 2 amide bonds. The molecule has 1 N–H and O–H groups in total. The van der Waals surface area contributed by atoms with Crippen LogP contribution >= 0.6 is 0 Å². The molecule has 1 atom stereocenters. The van der Waals surface area contributed by atoms with Crippen LogP contribution in [0, 0.1) is 5.92 Å². The number of ketones is 1.